The lowest BCUT2D eigenvalue weighted by atomic mass is 10.1. The van der Waals surface area contributed by atoms with Crippen LogP contribution in [0, 0.1) is 6.92 Å². The summed E-state index contributed by atoms with van der Waals surface area (Å²) < 4.78 is 26.2. The van der Waals surface area contributed by atoms with Gasteiger partial charge in [0.15, 0.2) is 0 Å². The second kappa shape index (κ2) is 6.87. The first-order valence-electron chi connectivity index (χ1n) is 6.12. The zero-order valence-electron chi connectivity index (χ0n) is 10.9. The van der Waals surface area contributed by atoms with Gasteiger partial charge in [-0.1, -0.05) is 29.8 Å². The Morgan fingerprint density at radius 3 is 2.39 bits per heavy atom. The van der Waals surface area contributed by atoms with Gasteiger partial charge in [0.2, 0.25) is 10.0 Å². The highest BCUT2D eigenvalue weighted by Gasteiger charge is 2.15. The van der Waals surface area contributed by atoms with E-state index in [-0.39, 0.29) is 18.4 Å². The average molecular weight is 271 g/mol. The van der Waals surface area contributed by atoms with E-state index in [1.165, 1.54) is 0 Å². The molecule has 1 atom stereocenters. The van der Waals surface area contributed by atoms with Gasteiger partial charge in [-0.05, 0) is 32.3 Å². The lowest BCUT2D eigenvalue weighted by Crippen LogP contribution is -2.29. The third kappa shape index (κ3) is 5.16. The fourth-order valence-electron chi connectivity index (χ4n) is 1.66. The Balaban J connectivity index is 2.58. The van der Waals surface area contributed by atoms with Crippen molar-refractivity contribution in [2.75, 3.05) is 12.4 Å². The Hall–Kier alpha value is -0.910. The number of aliphatic hydroxyl groups is 1. The Morgan fingerprint density at radius 1 is 1.22 bits per heavy atom. The number of hydrogen-bond donors (Lipinski definition) is 2. The van der Waals surface area contributed by atoms with Crippen molar-refractivity contribution >= 4 is 10.0 Å². The Labute approximate surface area is 109 Å². The molecule has 102 valence electrons. The third-order valence-corrected chi connectivity index (χ3v) is 4.29. The molecule has 0 aliphatic rings. The minimum atomic E-state index is -3.27. The quantitative estimate of drug-likeness (QED) is 0.742. The Bertz CT molecular complexity index is 454. The molecule has 0 aliphatic carbocycles. The molecule has 0 aliphatic heterocycles. The van der Waals surface area contributed by atoms with Crippen molar-refractivity contribution < 1.29 is 13.5 Å². The molecule has 0 saturated heterocycles. The fourth-order valence-corrected chi connectivity index (χ4v) is 3.03. The van der Waals surface area contributed by atoms with Crippen LogP contribution in [0.15, 0.2) is 24.3 Å². The van der Waals surface area contributed by atoms with Crippen molar-refractivity contribution in [3.8, 4) is 0 Å². The predicted octanol–water partition coefficient (Wildman–Crippen LogP) is 1.75. The molecule has 0 heterocycles. The molecule has 5 heteroatoms. The first-order chi connectivity index (χ1) is 8.44. The van der Waals surface area contributed by atoms with Crippen LogP contribution in [0.25, 0.3) is 0 Å². The average Bonchev–Trinajstić information content (AvgIpc) is 2.29. The van der Waals surface area contributed by atoms with E-state index in [0.717, 1.165) is 11.1 Å². The highest BCUT2D eigenvalue weighted by molar-refractivity contribution is 7.89. The molecule has 18 heavy (non-hydrogen) atoms. The molecule has 1 aromatic carbocycles. The minimum Gasteiger partial charge on any atom is -0.396 e. The van der Waals surface area contributed by atoms with E-state index in [1.807, 2.05) is 38.1 Å². The molecule has 0 aromatic heterocycles. The molecular formula is C13H21NO3S. The first kappa shape index (κ1) is 15.1. The van der Waals surface area contributed by atoms with Crippen LogP contribution in [0.5, 0.6) is 0 Å². The second-order valence-electron chi connectivity index (χ2n) is 4.50. The lowest BCUT2D eigenvalue weighted by Gasteiger charge is -2.14. The van der Waals surface area contributed by atoms with Crippen LogP contribution >= 0.6 is 0 Å². The molecule has 0 fully saturated rings. The van der Waals surface area contributed by atoms with Gasteiger partial charge in [-0.25, -0.2) is 13.1 Å². The van der Waals surface area contributed by atoms with Gasteiger partial charge < -0.3 is 5.11 Å². The van der Waals surface area contributed by atoms with Crippen molar-refractivity contribution in [1.82, 2.24) is 4.72 Å². The lowest BCUT2D eigenvalue weighted by molar-refractivity contribution is 0.287. The number of rotatable bonds is 7. The summed E-state index contributed by atoms with van der Waals surface area (Å²) in [6, 6.07) is 7.55. The molecule has 0 saturated carbocycles. The molecule has 4 nitrogen and oxygen atoms in total. The SMILES string of the molecule is Cc1ccc(C(C)NS(=O)(=O)CCCCO)cc1. The van der Waals surface area contributed by atoms with Gasteiger partial charge >= 0.3 is 0 Å². The molecule has 0 radical (unpaired) electrons. The summed E-state index contributed by atoms with van der Waals surface area (Å²) in [5.74, 6) is 0.0593. The van der Waals surface area contributed by atoms with E-state index in [9.17, 15) is 8.42 Å². The highest BCUT2D eigenvalue weighted by Crippen LogP contribution is 2.14. The molecular weight excluding hydrogens is 250 g/mol. The van der Waals surface area contributed by atoms with E-state index in [1.54, 1.807) is 0 Å². The Morgan fingerprint density at radius 2 is 1.83 bits per heavy atom. The second-order valence-corrected chi connectivity index (χ2v) is 6.37. The van der Waals surface area contributed by atoms with Gasteiger partial charge in [-0.2, -0.15) is 0 Å². The van der Waals surface area contributed by atoms with Crippen LogP contribution in [0.1, 0.15) is 36.9 Å². The van der Waals surface area contributed by atoms with Crippen LogP contribution in [-0.2, 0) is 10.0 Å². The van der Waals surface area contributed by atoms with Crippen molar-refractivity contribution in [3.05, 3.63) is 35.4 Å². The van der Waals surface area contributed by atoms with Crippen LogP contribution in [0.4, 0.5) is 0 Å². The summed E-state index contributed by atoms with van der Waals surface area (Å²) in [7, 11) is -3.27. The van der Waals surface area contributed by atoms with Gasteiger partial charge in [-0.15, -0.1) is 0 Å². The topological polar surface area (TPSA) is 66.4 Å². The Kier molecular flexibility index (Phi) is 5.78. The summed E-state index contributed by atoms with van der Waals surface area (Å²) in [4.78, 5) is 0. The zero-order chi connectivity index (χ0) is 13.6. The van der Waals surface area contributed by atoms with Crippen molar-refractivity contribution in [2.45, 2.75) is 32.7 Å². The molecule has 1 unspecified atom stereocenters. The largest absolute Gasteiger partial charge is 0.396 e. The number of benzene rings is 1. The number of hydrogen-bond acceptors (Lipinski definition) is 3. The van der Waals surface area contributed by atoms with Gasteiger partial charge in [0.1, 0.15) is 0 Å². The molecule has 0 amide bonds. The van der Waals surface area contributed by atoms with E-state index < -0.39 is 10.0 Å². The third-order valence-electron chi connectivity index (χ3n) is 2.75. The van der Waals surface area contributed by atoms with E-state index >= 15 is 0 Å². The summed E-state index contributed by atoms with van der Waals surface area (Å²) >= 11 is 0. The van der Waals surface area contributed by atoms with E-state index in [2.05, 4.69) is 4.72 Å². The maximum atomic E-state index is 11.8. The van der Waals surface area contributed by atoms with Crippen molar-refractivity contribution in [3.63, 3.8) is 0 Å². The highest BCUT2D eigenvalue weighted by atomic mass is 32.2. The normalized spacial score (nSPS) is 13.5. The van der Waals surface area contributed by atoms with Crippen LogP contribution in [0.3, 0.4) is 0 Å². The number of aliphatic hydroxyl groups excluding tert-OH is 1. The van der Waals surface area contributed by atoms with Crippen molar-refractivity contribution in [2.24, 2.45) is 0 Å². The monoisotopic (exact) mass is 271 g/mol. The number of sulfonamides is 1. The smallest absolute Gasteiger partial charge is 0.212 e. The maximum Gasteiger partial charge on any atom is 0.212 e. The predicted molar refractivity (Wildman–Crippen MR) is 72.8 cm³/mol. The van der Waals surface area contributed by atoms with Crippen LogP contribution in [-0.4, -0.2) is 25.9 Å². The van der Waals surface area contributed by atoms with E-state index in [0.29, 0.717) is 12.8 Å². The van der Waals surface area contributed by atoms with Crippen LogP contribution in [0.2, 0.25) is 0 Å². The number of nitrogens with one attached hydrogen (secondary N) is 1. The van der Waals surface area contributed by atoms with Crippen molar-refractivity contribution in [1.29, 1.82) is 0 Å². The van der Waals surface area contributed by atoms with Gasteiger partial charge in [0.05, 0.1) is 5.75 Å². The molecule has 1 rings (SSSR count). The van der Waals surface area contributed by atoms with Crippen LogP contribution < -0.4 is 4.72 Å². The first-order valence-corrected chi connectivity index (χ1v) is 7.77. The molecule has 0 spiro atoms. The van der Waals surface area contributed by atoms with Gasteiger partial charge in [-0.3, -0.25) is 0 Å². The molecule has 2 N–H and O–H groups in total. The summed E-state index contributed by atoms with van der Waals surface area (Å²) in [6.45, 7) is 3.85. The maximum absolute atomic E-state index is 11.8. The summed E-state index contributed by atoms with van der Waals surface area (Å²) in [5.41, 5.74) is 2.10. The minimum absolute atomic E-state index is 0.0308. The standard InChI is InChI=1S/C13H21NO3S/c1-11-5-7-13(8-6-11)12(2)14-18(16,17)10-4-3-9-15/h5-8,12,14-15H,3-4,9-10H2,1-2H3. The number of unbranched alkanes of at least 4 members (excludes halogenated alkanes) is 1. The summed E-state index contributed by atoms with van der Waals surface area (Å²) in [6.07, 6.45) is 0.992. The summed E-state index contributed by atoms with van der Waals surface area (Å²) in [5, 5.41) is 8.63. The molecule has 1 aromatic rings. The fraction of sp³-hybridized carbons (Fsp3) is 0.538. The number of aryl methyl sites for hydroxylation is 1. The molecule has 0 bridgehead atoms. The zero-order valence-corrected chi connectivity index (χ0v) is 11.7. The van der Waals surface area contributed by atoms with E-state index in [4.69, 9.17) is 5.11 Å². The van der Waals surface area contributed by atoms with Gasteiger partial charge in [0, 0.05) is 12.6 Å². The van der Waals surface area contributed by atoms with Gasteiger partial charge in [0.25, 0.3) is 0 Å².